The van der Waals surface area contributed by atoms with E-state index in [1.807, 2.05) is 0 Å². The molecule has 0 heterocycles. The number of hydrogen-bond donors (Lipinski definition) is 1. The van der Waals surface area contributed by atoms with Crippen molar-refractivity contribution in [2.24, 2.45) is 34.5 Å². The largest absolute Gasteiger partial charge is 0.462 e. The Bertz CT molecular complexity index is 589. The summed E-state index contributed by atoms with van der Waals surface area (Å²) in [6.07, 6.45) is 15.9. The van der Waals surface area contributed by atoms with Gasteiger partial charge in [0, 0.05) is 11.8 Å². The lowest BCUT2D eigenvalue weighted by atomic mass is 9.45. The molecule has 0 saturated heterocycles. The van der Waals surface area contributed by atoms with Gasteiger partial charge in [0.25, 0.3) is 0 Å². The second-order valence-electron chi connectivity index (χ2n) is 11.5. The fraction of sp³-hybridized carbons (Fsp3) is 0.962. The number of aliphatic hydroxyl groups excluding tert-OH is 1. The molecule has 3 heteroatoms. The minimum atomic E-state index is -0.0638. The Balaban J connectivity index is 1.40. The van der Waals surface area contributed by atoms with Gasteiger partial charge in [-0.15, -0.1) is 0 Å². The molecule has 0 bridgehead atoms. The first-order valence-corrected chi connectivity index (χ1v) is 12.8. The number of carbonyl (C=O) groups is 1. The van der Waals surface area contributed by atoms with Crippen molar-refractivity contribution in [3.8, 4) is 0 Å². The lowest BCUT2D eigenvalue weighted by Gasteiger charge is -2.60. The maximum atomic E-state index is 12.5. The van der Waals surface area contributed by atoms with Crippen LogP contribution in [0.4, 0.5) is 0 Å². The first-order valence-electron chi connectivity index (χ1n) is 12.8. The Morgan fingerprint density at radius 2 is 1.69 bits per heavy atom. The molecule has 4 rings (SSSR count). The van der Waals surface area contributed by atoms with E-state index in [1.165, 1.54) is 51.4 Å². The fourth-order valence-electron chi connectivity index (χ4n) is 8.29. The third-order valence-corrected chi connectivity index (χ3v) is 10.1. The van der Waals surface area contributed by atoms with E-state index in [9.17, 15) is 9.90 Å². The monoisotopic (exact) mass is 404 g/mol. The minimum Gasteiger partial charge on any atom is -0.462 e. The van der Waals surface area contributed by atoms with Gasteiger partial charge in [0.15, 0.2) is 0 Å². The molecule has 8 atom stereocenters. The summed E-state index contributed by atoms with van der Waals surface area (Å²) >= 11 is 0. The van der Waals surface area contributed by atoms with Crippen LogP contribution in [0.5, 0.6) is 0 Å². The van der Waals surface area contributed by atoms with Crippen LogP contribution < -0.4 is 0 Å². The number of rotatable bonds is 6. The number of carbonyl (C=O) groups excluding carboxylic acids is 1. The molecule has 29 heavy (non-hydrogen) atoms. The van der Waals surface area contributed by atoms with Gasteiger partial charge in [-0.1, -0.05) is 40.0 Å². The summed E-state index contributed by atoms with van der Waals surface area (Å²) < 4.78 is 6.12. The molecule has 3 nitrogen and oxygen atoms in total. The molecule has 0 aromatic rings. The van der Waals surface area contributed by atoms with Crippen molar-refractivity contribution in [2.45, 2.75) is 123 Å². The van der Waals surface area contributed by atoms with Crippen LogP contribution in [0.3, 0.4) is 0 Å². The van der Waals surface area contributed by atoms with E-state index in [4.69, 9.17) is 4.74 Å². The van der Waals surface area contributed by atoms with Crippen LogP contribution in [-0.2, 0) is 9.53 Å². The molecule has 166 valence electrons. The first-order chi connectivity index (χ1) is 13.9. The highest BCUT2D eigenvalue weighted by Crippen LogP contribution is 2.66. The average molecular weight is 405 g/mol. The normalized spacial score (nSPS) is 46.5. The Hall–Kier alpha value is -0.570. The molecule has 0 aliphatic heterocycles. The molecule has 4 fully saturated rings. The Labute approximate surface area is 178 Å². The third-order valence-electron chi connectivity index (χ3n) is 10.1. The molecule has 4 saturated carbocycles. The van der Waals surface area contributed by atoms with Crippen LogP contribution in [0.2, 0.25) is 0 Å². The van der Waals surface area contributed by atoms with E-state index in [1.54, 1.807) is 0 Å². The smallest absolute Gasteiger partial charge is 0.306 e. The van der Waals surface area contributed by atoms with Gasteiger partial charge >= 0.3 is 5.97 Å². The third kappa shape index (κ3) is 3.90. The number of ether oxygens (including phenoxy) is 1. The second kappa shape index (κ2) is 8.52. The predicted molar refractivity (Wildman–Crippen MR) is 116 cm³/mol. The van der Waals surface area contributed by atoms with E-state index in [0.29, 0.717) is 11.8 Å². The molecular formula is C26H44O3. The van der Waals surface area contributed by atoms with Gasteiger partial charge < -0.3 is 9.84 Å². The van der Waals surface area contributed by atoms with Gasteiger partial charge in [-0.05, 0) is 93.3 Å². The summed E-state index contributed by atoms with van der Waals surface area (Å²) in [5.41, 5.74) is 0.620. The predicted octanol–water partition coefficient (Wildman–Crippen LogP) is 6.27. The molecule has 4 aliphatic carbocycles. The highest BCUT2D eigenvalue weighted by molar-refractivity contribution is 5.69. The Morgan fingerprint density at radius 1 is 0.931 bits per heavy atom. The molecule has 0 aromatic heterocycles. The fourth-order valence-corrected chi connectivity index (χ4v) is 8.29. The van der Waals surface area contributed by atoms with Crippen LogP contribution in [0.15, 0.2) is 0 Å². The highest BCUT2D eigenvalue weighted by atomic mass is 16.5. The number of esters is 1. The minimum absolute atomic E-state index is 0.0482. The van der Waals surface area contributed by atoms with Gasteiger partial charge in [0.05, 0.1) is 6.10 Å². The molecule has 0 amide bonds. The standard InChI is InChI=1S/C26H44O3/c1-4-5-6-7-8-24(28)29-23-12-11-21-20-10-9-18-17-19(27)13-15-25(18,2)22(20)14-16-26(21,23)3/h18-23,27H,4-17H2,1-3H3/t18-,19+,20-,21-,22-,23-,25-,26-/m0/s1. The van der Waals surface area contributed by atoms with Crippen LogP contribution in [-0.4, -0.2) is 23.3 Å². The summed E-state index contributed by atoms with van der Waals surface area (Å²) in [7, 11) is 0. The van der Waals surface area contributed by atoms with E-state index >= 15 is 0 Å². The number of aliphatic hydroxyl groups is 1. The number of hydrogen-bond acceptors (Lipinski definition) is 3. The summed E-state index contributed by atoms with van der Waals surface area (Å²) in [6, 6.07) is 0. The van der Waals surface area contributed by atoms with Crippen molar-refractivity contribution in [3.63, 3.8) is 0 Å². The summed E-state index contributed by atoms with van der Waals surface area (Å²) in [5, 5.41) is 10.2. The quantitative estimate of drug-likeness (QED) is 0.419. The van der Waals surface area contributed by atoms with E-state index < -0.39 is 0 Å². The van der Waals surface area contributed by atoms with Crippen molar-refractivity contribution in [3.05, 3.63) is 0 Å². The van der Waals surface area contributed by atoms with Crippen molar-refractivity contribution >= 4 is 5.97 Å². The molecule has 4 aliphatic rings. The summed E-state index contributed by atoms with van der Waals surface area (Å²) in [5.74, 6) is 3.11. The van der Waals surface area contributed by atoms with Crippen molar-refractivity contribution in [1.82, 2.24) is 0 Å². The van der Waals surface area contributed by atoms with Gasteiger partial charge in [0.2, 0.25) is 0 Å². The van der Waals surface area contributed by atoms with Crippen LogP contribution in [0, 0.1) is 34.5 Å². The van der Waals surface area contributed by atoms with Gasteiger partial charge in [-0.2, -0.15) is 0 Å². The maximum absolute atomic E-state index is 12.5. The topological polar surface area (TPSA) is 46.5 Å². The van der Waals surface area contributed by atoms with E-state index in [-0.39, 0.29) is 23.6 Å². The van der Waals surface area contributed by atoms with E-state index in [2.05, 4.69) is 20.8 Å². The average Bonchev–Trinajstić information content (AvgIpc) is 3.02. The second-order valence-corrected chi connectivity index (χ2v) is 11.5. The van der Waals surface area contributed by atoms with Crippen molar-refractivity contribution in [2.75, 3.05) is 0 Å². The maximum Gasteiger partial charge on any atom is 0.306 e. The van der Waals surface area contributed by atoms with Gasteiger partial charge in [-0.3, -0.25) is 4.79 Å². The van der Waals surface area contributed by atoms with Crippen LogP contribution in [0.25, 0.3) is 0 Å². The lowest BCUT2D eigenvalue weighted by Crippen LogP contribution is -2.54. The summed E-state index contributed by atoms with van der Waals surface area (Å²) in [4.78, 5) is 12.5. The Kier molecular flexibility index (Phi) is 6.36. The lowest BCUT2D eigenvalue weighted by molar-refractivity contribution is -0.165. The molecule has 0 spiro atoms. The van der Waals surface area contributed by atoms with Crippen LogP contribution in [0.1, 0.15) is 111 Å². The zero-order valence-corrected chi connectivity index (χ0v) is 19.1. The van der Waals surface area contributed by atoms with Crippen molar-refractivity contribution in [1.29, 1.82) is 0 Å². The van der Waals surface area contributed by atoms with Crippen LogP contribution >= 0.6 is 0 Å². The SMILES string of the molecule is CCCCCCC(=O)O[C@H]1CC[C@H]2[C@@H]3CC[C@H]4C[C@H](O)CC[C@]4(C)[C@H]3CC[C@]12C. The molecule has 0 radical (unpaired) electrons. The molecule has 0 aromatic carbocycles. The molecule has 0 unspecified atom stereocenters. The zero-order valence-electron chi connectivity index (χ0n) is 19.1. The highest BCUT2D eigenvalue weighted by Gasteiger charge is 2.61. The van der Waals surface area contributed by atoms with Crippen molar-refractivity contribution < 1.29 is 14.6 Å². The van der Waals surface area contributed by atoms with Gasteiger partial charge in [0.1, 0.15) is 6.10 Å². The summed E-state index contributed by atoms with van der Waals surface area (Å²) in [6.45, 7) is 7.19. The Morgan fingerprint density at radius 3 is 2.48 bits per heavy atom. The number of fused-ring (bicyclic) bond motifs is 5. The molecule has 1 N–H and O–H groups in total. The zero-order chi connectivity index (χ0) is 20.6. The van der Waals surface area contributed by atoms with E-state index in [0.717, 1.165) is 55.8 Å². The van der Waals surface area contributed by atoms with Gasteiger partial charge in [-0.25, -0.2) is 0 Å². The first kappa shape index (κ1) is 21.7. The molecular weight excluding hydrogens is 360 g/mol. The number of unbranched alkanes of at least 4 members (excludes halogenated alkanes) is 3.